The Morgan fingerprint density at radius 3 is 2.83 bits per heavy atom. The van der Waals surface area contributed by atoms with Crippen LogP contribution in [0.15, 0.2) is 48.7 Å². The molecule has 0 fully saturated rings. The van der Waals surface area contributed by atoms with Crippen molar-refractivity contribution < 1.29 is 9.53 Å². The number of anilines is 1. The van der Waals surface area contributed by atoms with E-state index in [1.165, 1.54) is 16.9 Å². The van der Waals surface area contributed by atoms with Crippen LogP contribution >= 0.6 is 11.3 Å². The molecule has 7 heteroatoms. The molecule has 4 rings (SSSR count). The molecule has 0 spiro atoms. The number of nitrogens with one attached hydrogen (secondary N) is 1. The van der Waals surface area contributed by atoms with Gasteiger partial charge in [-0.25, -0.2) is 9.78 Å². The Morgan fingerprint density at radius 2 is 2.03 bits per heavy atom. The maximum atomic E-state index is 12.4. The average molecular weight is 421 g/mol. The zero-order valence-corrected chi connectivity index (χ0v) is 18.1. The third-order valence-electron chi connectivity index (χ3n) is 4.95. The molecule has 154 valence electrons. The Kier molecular flexibility index (Phi) is 5.81. The van der Waals surface area contributed by atoms with Crippen molar-refractivity contribution in [3.05, 3.63) is 65.5 Å². The zero-order valence-electron chi connectivity index (χ0n) is 17.3. The van der Waals surface area contributed by atoms with Crippen LogP contribution in [0.4, 0.5) is 9.80 Å². The summed E-state index contributed by atoms with van der Waals surface area (Å²) in [6.45, 7) is 7.09. The lowest BCUT2D eigenvalue weighted by atomic mass is 10.1. The van der Waals surface area contributed by atoms with E-state index >= 15 is 0 Å². The Balaban J connectivity index is 1.42. The lowest BCUT2D eigenvalue weighted by molar-refractivity contribution is 0.155. The molecule has 2 aromatic heterocycles. The number of fused-ring (bicyclic) bond motifs is 1. The normalized spacial score (nSPS) is 11.0. The summed E-state index contributed by atoms with van der Waals surface area (Å²) in [4.78, 5) is 17.0. The van der Waals surface area contributed by atoms with Gasteiger partial charge in [-0.15, -0.1) is 0 Å². The van der Waals surface area contributed by atoms with Gasteiger partial charge in [0, 0.05) is 23.7 Å². The molecule has 6 nitrogen and oxygen atoms in total. The number of aryl methyl sites for hydroxylation is 3. The molecule has 1 N–H and O–H groups in total. The molecule has 1 amide bonds. The molecule has 0 saturated carbocycles. The molecular formula is C23H24N4O2S. The van der Waals surface area contributed by atoms with Crippen LogP contribution in [0.1, 0.15) is 30.7 Å². The van der Waals surface area contributed by atoms with Crippen LogP contribution in [-0.2, 0) is 24.3 Å². The minimum atomic E-state index is -0.485. The van der Waals surface area contributed by atoms with Gasteiger partial charge in [0.05, 0.1) is 11.2 Å². The quantitative estimate of drug-likeness (QED) is 0.428. The molecule has 2 aromatic carbocycles. The number of benzene rings is 2. The molecule has 0 saturated heterocycles. The maximum Gasteiger partial charge on any atom is 0.412 e. The van der Waals surface area contributed by atoms with Gasteiger partial charge in [-0.05, 0) is 43.5 Å². The van der Waals surface area contributed by atoms with Crippen molar-refractivity contribution in [2.24, 2.45) is 0 Å². The van der Waals surface area contributed by atoms with Gasteiger partial charge >= 0.3 is 6.09 Å². The second-order valence-corrected chi connectivity index (χ2v) is 8.02. The number of carbonyl (C=O) groups excluding carboxylic acids is 1. The lowest BCUT2D eigenvalue weighted by Crippen LogP contribution is -2.13. The van der Waals surface area contributed by atoms with E-state index in [2.05, 4.69) is 34.5 Å². The van der Waals surface area contributed by atoms with Gasteiger partial charge in [0.25, 0.3) is 0 Å². The highest BCUT2D eigenvalue weighted by atomic mass is 32.1. The summed E-state index contributed by atoms with van der Waals surface area (Å²) in [5.41, 5.74) is 4.99. The number of carbonyl (C=O) groups is 1. The first-order valence-electron chi connectivity index (χ1n) is 10.0. The third-order valence-corrected chi connectivity index (χ3v) is 6.06. The Labute approximate surface area is 179 Å². The molecule has 0 aliphatic carbocycles. The maximum absolute atomic E-state index is 12.4. The fraction of sp³-hybridized carbons (Fsp3) is 0.261. The molecule has 0 aliphatic rings. The van der Waals surface area contributed by atoms with Crippen LogP contribution in [0.25, 0.3) is 21.5 Å². The highest BCUT2D eigenvalue weighted by Crippen LogP contribution is 2.33. The van der Waals surface area contributed by atoms with Gasteiger partial charge < -0.3 is 4.74 Å². The number of thiazole rings is 1. The lowest BCUT2D eigenvalue weighted by Gasteiger charge is -2.06. The van der Waals surface area contributed by atoms with Crippen molar-refractivity contribution >= 4 is 33.3 Å². The molecule has 0 aliphatic heterocycles. The summed E-state index contributed by atoms with van der Waals surface area (Å²) in [6.07, 6.45) is 2.44. The van der Waals surface area contributed by atoms with Crippen molar-refractivity contribution in [3.63, 3.8) is 0 Å². The fourth-order valence-corrected chi connectivity index (χ4v) is 4.33. The summed E-state index contributed by atoms with van der Waals surface area (Å²) < 4.78 is 7.32. The Hall–Kier alpha value is -3.19. The third kappa shape index (κ3) is 4.21. The van der Waals surface area contributed by atoms with Crippen molar-refractivity contribution in [2.45, 2.75) is 40.3 Å². The first kappa shape index (κ1) is 20.1. The van der Waals surface area contributed by atoms with Crippen molar-refractivity contribution in [1.29, 1.82) is 0 Å². The van der Waals surface area contributed by atoms with E-state index in [9.17, 15) is 4.79 Å². The number of rotatable bonds is 6. The predicted molar refractivity (Wildman–Crippen MR) is 121 cm³/mol. The summed E-state index contributed by atoms with van der Waals surface area (Å²) in [7, 11) is 0. The first-order valence-corrected chi connectivity index (χ1v) is 10.8. The number of amides is 1. The number of aromatic nitrogens is 3. The number of hydrogen-bond acceptors (Lipinski definition) is 5. The van der Waals surface area contributed by atoms with E-state index in [0.29, 0.717) is 5.00 Å². The topological polar surface area (TPSA) is 69.0 Å². The van der Waals surface area contributed by atoms with E-state index in [1.807, 2.05) is 55.1 Å². The van der Waals surface area contributed by atoms with Crippen LogP contribution < -0.4 is 5.32 Å². The van der Waals surface area contributed by atoms with Gasteiger partial charge in [0.1, 0.15) is 16.6 Å². The second kappa shape index (κ2) is 8.67. The van der Waals surface area contributed by atoms with Crippen LogP contribution in [0, 0.1) is 6.92 Å². The summed E-state index contributed by atoms with van der Waals surface area (Å²) in [6, 6.07) is 14.1. The number of hydrogen-bond donors (Lipinski definition) is 1. The standard InChI is InChI=1S/C23H24N4O2S/c1-4-17-8-6-7-9-19(17)22-24-15(3)21(30-22)25-23(28)29-14-16-10-11-20-18(12-16)13-27(5-2)26-20/h6-13H,4-5,14H2,1-3H3,(H,25,28). The van der Waals surface area contributed by atoms with Crippen LogP contribution in [0.2, 0.25) is 0 Å². The van der Waals surface area contributed by atoms with Gasteiger partial charge in [-0.1, -0.05) is 48.6 Å². The predicted octanol–water partition coefficient (Wildman–Crippen LogP) is 5.80. The van der Waals surface area contributed by atoms with Crippen molar-refractivity contribution in [2.75, 3.05) is 5.32 Å². The summed E-state index contributed by atoms with van der Waals surface area (Å²) in [5.74, 6) is 0. The van der Waals surface area contributed by atoms with Gasteiger partial charge in [0.15, 0.2) is 0 Å². The number of ether oxygens (including phenoxy) is 1. The fourth-order valence-electron chi connectivity index (χ4n) is 3.32. The minimum absolute atomic E-state index is 0.197. The van der Waals surface area contributed by atoms with Crippen LogP contribution in [0.3, 0.4) is 0 Å². The van der Waals surface area contributed by atoms with E-state index in [-0.39, 0.29) is 6.61 Å². The van der Waals surface area contributed by atoms with E-state index < -0.39 is 6.09 Å². The van der Waals surface area contributed by atoms with E-state index in [0.717, 1.165) is 45.7 Å². The average Bonchev–Trinajstić information content (AvgIpc) is 3.34. The Bertz CT molecular complexity index is 1200. The summed E-state index contributed by atoms with van der Waals surface area (Å²) in [5, 5.41) is 9.95. The molecule has 0 bridgehead atoms. The van der Waals surface area contributed by atoms with Crippen molar-refractivity contribution in [3.8, 4) is 10.6 Å². The molecule has 4 aromatic rings. The number of nitrogens with zero attached hydrogens (tertiary/aromatic N) is 3. The van der Waals surface area contributed by atoms with Crippen molar-refractivity contribution in [1.82, 2.24) is 14.8 Å². The molecular weight excluding hydrogens is 396 g/mol. The molecule has 0 unspecified atom stereocenters. The van der Waals surface area contributed by atoms with E-state index in [4.69, 9.17) is 4.74 Å². The zero-order chi connectivity index (χ0) is 21.1. The summed E-state index contributed by atoms with van der Waals surface area (Å²) >= 11 is 1.47. The smallest absolute Gasteiger partial charge is 0.412 e. The largest absolute Gasteiger partial charge is 0.444 e. The molecule has 2 heterocycles. The van der Waals surface area contributed by atoms with Gasteiger partial charge in [-0.2, -0.15) is 5.10 Å². The SMILES string of the molecule is CCc1ccccc1-c1nc(C)c(NC(=O)OCc2ccc3nn(CC)cc3c2)s1. The van der Waals surface area contributed by atoms with Gasteiger partial charge in [-0.3, -0.25) is 10.00 Å². The molecule has 30 heavy (non-hydrogen) atoms. The first-order chi connectivity index (χ1) is 14.6. The highest BCUT2D eigenvalue weighted by molar-refractivity contribution is 7.19. The highest BCUT2D eigenvalue weighted by Gasteiger charge is 2.14. The molecule has 0 atom stereocenters. The monoisotopic (exact) mass is 420 g/mol. The molecule has 0 radical (unpaired) electrons. The Morgan fingerprint density at radius 1 is 1.20 bits per heavy atom. The minimum Gasteiger partial charge on any atom is -0.444 e. The second-order valence-electron chi connectivity index (χ2n) is 7.02. The van der Waals surface area contributed by atoms with Gasteiger partial charge in [0.2, 0.25) is 0 Å². The van der Waals surface area contributed by atoms with Crippen LogP contribution in [0.5, 0.6) is 0 Å². The van der Waals surface area contributed by atoms with Crippen LogP contribution in [-0.4, -0.2) is 20.9 Å². The van der Waals surface area contributed by atoms with E-state index in [1.54, 1.807) is 0 Å².